The van der Waals surface area contributed by atoms with Gasteiger partial charge in [-0.1, -0.05) is 12.1 Å². The molecule has 0 saturated carbocycles. The van der Waals surface area contributed by atoms with Gasteiger partial charge in [0.05, 0.1) is 5.56 Å². The zero-order chi connectivity index (χ0) is 9.97. The van der Waals surface area contributed by atoms with Gasteiger partial charge in [0.1, 0.15) is 12.1 Å². The van der Waals surface area contributed by atoms with Crippen LogP contribution in [0, 0.1) is 5.82 Å². The van der Waals surface area contributed by atoms with Gasteiger partial charge < -0.3 is 9.73 Å². The monoisotopic (exact) mass is 192 g/mol. The highest BCUT2D eigenvalue weighted by atomic mass is 19.1. The van der Waals surface area contributed by atoms with Crippen LogP contribution in [0.5, 0.6) is 0 Å². The number of rotatable bonds is 2. The minimum atomic E-state index is -0.336. The number of nitrogens with zero attached hydrogens (tertiary/aromatic N) is 1. The molecule has 0 aliphatic carbocycles. The Balaban J connectivity index is 2.44. The number of anilines is 1. The van der Waals surface area contributed by atoms with Crippen molar-refractivity contribution in [3.8, 4) is 11.5 Å². The van der Waals surface area contributed by atoms with Crippen molar-refractivity contribution in [2.24, 2.45) is 0 Å². The van der Waals surface area contributed by atoms with Gasteiger partial charge in [0, 0.05) is 7.05 Å². The lowest BCUT2D eigenvalue weighted by Crippen LogP contribution is -1.88. The van der Waals surface area contributed by atoms with Crippen molar-refractivity contribution in [1.29, 1.82) is 0 Å². The number of hydrogen-bond acceptors (Lipinski definition) is 3. The molecule has 0 aliphatic heterocycles. The second-order valence-corrected chi connectivity index (χ2v) is 2.77. The molecule has 0 fully saturated rings. The second kappa shape index (κ2) is 3.49. The zero-order valence-corrected chi connectivity index (χ0v) is 7.62. The highest BCUT2D eigenvalue weighted by Gasteiger charge is 2.09. The molecule has 1 aromatic carbocycles. The molecule has 2 rings (SSSR count). The first kappa shape index (κ1) is 8.74. The van der Waals surface area contributed by atoms with Gasteiger partial charge in [-0.15, -0.1) is 0 Å². The van der Waals surface area contributed by atoms with Crippen molar-refractivity contribution in [3.63, 3.8) is 0 Å². The first-order valence-electron chi connectivity index (χ1n) is 4.19. The first-order chi connectivity index (χ1) is 6.81. The van der Waals surface area contributed by atoms with Crippen LogP contribution >= 0.6 is 0 Å². The van der Waals surface area contributed by atoms with Gasteiger partial charge in [0.25, 0.3) is 0 Å². The molecule has 0 bridgehead atoms. The maximum atomic E-state index is 13.3. The molecule has 0 atom stereocenters. The van der Waals surface area contributed by atoms with Crippen molar-refractivity contribution in [2.75, 3.05) is 12.4 Å². The summed E-state index contributed by atoms with van der Waals surface area (Å²) in [5, 5.41) is 2.81. The van der Waals surface area contributed by atoms with E-state index in [1.165, 1.54) is 12.3 Å². The third-order valence-corrected chi connectivity index (χ3v) is 1.86. The maximum absolute atomic E-state index is 13.3. The van der Waals surface area contributed by atoms with E-state index >= 15 is 0 Å². The Bertz CT molecular complexity index is 439. The number of halogens is 1. The average Bonchev–Trinajstić information content (AvgIpc) is 2.67. The van der Waals surface area contributed by atoms with E-state index in [2.05, 4.69) is 10.3 Å². The van der Waals surface area contributed by atoms with Gasteiger partial charge in [-0.25, -0.2) is 4.39 Å². The Morgan fingerprint density at radius 1 is 1.36 bits per heavy atom. The summed E-state index contributed by atoms with van der Waals surface area (Å²) in [7, 11) is 1.73. The standard InChI is InChI=1S/C10H9FN2O/c1-12-9-6-14-10(13-9)7-4-2-3-5-8(7)11/h2-6,12H,1H3. The van der Waals surface area contributed by atoms with Crippen molar-refractivity contribution in [1.82, 2.24) is 4.98 Å². The summed E-state index contributed by atoms with van der Waals surface area (Å²) in [6, 6.07) is 6.36. The van der Waals surface area contributed by atoms with E-state index in [-0.39, 0.29) is 11.7 Å². The summed E-state index contributed by atoms with van der Waals surface area (Å²) < 4.78 is 18.4. The molecule has 1 heterocycles. The fourth-order valence-corrected chi connectivity index (χ4v) is 1.15. The molecular formula is C10H9FN2O. The third-order valence-electron chi connectivity index (χ3n) is 1.86. The number of benzene rings is 1. The fourth-order valence-electron chi connectivity index (χ4n) is 1.15. The predicted octanol–water partition coefficient (Wildman–Crippen LogP) is 2.52. The van der Waals surface area contributed by atoms with Gasteiger partial charge in [-0.05, 0) is 12.1 Å². The van der Waals surface area contributed by atoms with Gasteiger partial charge >= 0.3 is 0 Å². The van der Waals surface area contributed by atoms with Crippen molar-refractivity contribution in [2.45, 2.75) is 0 Å². The highest BCUT2D eigenvalue weighted by Crippen LogP contribution is 2.22. The summed E-state index contributed by atoms with van der Waals surface area (Å²) in [6.45, 7) is 0. The smallest absolute Gasteiger partial charge is 0.230 e. The fraction of sp³-hybridized carbons (Fsp3) is 0.100. The van der Waals surface area contributed by atoms with Crippen LogP contribution < -0.4 is 5.32 Å². The van der Waals surface area contributed by atoms with Crippen molar-refractivity contribution >= 4 is 5.82 Å². The number of hydrogen-bond donors (Lipinski definition) is 1. The largest absolute Gasteiger partial charge is 0.442 e. The molecule has 3 nitrogen and oxygen atoms in total. The Kier molecular flexibility index (Phi) is 2.18. The number of nitrogens with one attached hydrogen (secondary N) is 1. The van der Waals surface area contributed by atoms with Crippen LogP contribution in [0.2, 0.25) is 0 Å². The van der Waals surface area contributed by atoms with Gasteiger partial charge in [-0.2, -0.15) is 4.98 Å². The lowest BCUT2D eigenvalue weighted by molar-refractivity contribution is 0.562. The van der Waals surface area contributed by atoms with Crippen LogP contribution in [0.15, 0.2) is 34.9 Å². The summed E-state index contributed by atoms with van der Waals surface area (Å²) in [6.07, 6.45) is 1.45. The molecule has 0 unspecified atom stereocenters. The van der Waals surface area contributed by atoms with E-state index in [1.54, 1.807) is 25.2 Å². The van der Waals surface area contributed by atoms with Crippen LogP contribution in [0.1, 0.15) is 0 Å². The molecule has 0 amide bonds. The Hall–Kier alpha value is -1.84. The number of aromatic nitrogens is 1. The van der Waals surface area contributed by atoms with Gasteiger partial charge in [0.2, 0.25) is 5.89 Å². The van der Waals surface area contributed by atoms with Crippen LogP contribution in [0.4, 0.5) is 10.2 Å². The second-order valence-electron chi connectivity index (χ2n) is 2.77. The molecule has 0 spiro atoms. The summed E-state index contributed by atoms with van der Waals surface area (Å²) in [5.41, 5.74) is 0.369. The van der Waals surface area contributed by atoms with E-state index in [4.69, 9.17) is 4.42 Å². The molecule has 4 heteroatoms. The first-order valence-corrected chi connectivity index (χ1v) is 4.19. The van der Waals surface area contributed by atoms with Crippen LogP contribution in [-0.4, -0.2) is 12.0 Å². The van der Waals surface area contributed by atoms with Gasteiger partial charge in [0.15, 0.2) is 5.82 Å². The quantitative estimate of drug-likeness (QED) is 0.794. The van der Waals surface area contributed by atoms with E-state index in [0.29, 0.717) is 11.4 Å². The number of oxazole rings is 1. The van der Waals surface area contributed by atoms with E-state index in [9.17, 15) is 4.39 Å². The minimum absolute atomic E-state index is 0.285. The Labute approximate surface area is 80.6 Å². The van der Waals surface area contributed by atoms with Crippen LogP contribution in [-0.2, 0) is 0 Å². The molecule has 0 aliphatic rings. The lowest BCUT2D eigenvalue weighted by atomic mass is 10.2. The molecule has 1 N–H and O–H groups in total. The SMILES string of the molecule is CNc1coc(-c2ccccc2F)n1. The normalized spacial score (nSPS) is 10.1. The third kappa shape index (κ3) is 1.46. The van der Waals surface area contributed by atoms with E-state index < -0.39 is 0 Å². The van der Waals surface area contributed by atoms with Crippen molar-refractivity contribution in [3.05, 3.63) is 36.3 Å². The molecule has 14 heavy (non-hydrogen) atoms. The predicted molar refractivity (Wildman–Crippen MR) is 51.4 cm³/mol. The van der Waals surface area contributed by atoms with Crippen molar-refractivity contribution < 1.29 is 8.81 Å². The topological polar surface area (TPSA) is 38.1 Å². The van der Waals surface area contributed by atoms with Crippen LogP contribution in [0.25, 0.3) is 11.5 Å². The molecule has 72 valence electrons. The van der Waals surface area contributed by atoms with E-state index in [0.717, 1.165) is 0 Å². The minimum Gasteiger partial charge on any atom is -0.442 e. The van der Waals surface area contributed by atoms with Gasteiger partial charge in [-0.3, -0.25) is 0 Å². The molecule has 2 aromatic rings. The lowest BCUT2D eigenvalue weighted by Gasteiger charge is -1.95. The Morgan fingerprint density at radius 3 is 2.79 bits per heavy atom. The molecule has 1 aromatic heterocycles. The van der Waals surface area contributed by atoms with Crippen LogP contribution in [0.3, 0.4) is 0 Å². The average molecular weight is 192 g/mol. The zero-order valence-electron chi connectivity index (χ0n) is 7.62. The molecule has 0 radical (unpaired) electrons. The highest BCUT2D eigenvalue weighted by molar-refractivity contribution is 5.56. The summed E-state index contributed by atoms with van der Waals surface area (Å²) >= 11 is 0. The summed E-state index contributed by atoms with van der Waals surface area (Å²) in [4.78, 5) is 4.04. The maximum Gasteiger partial charge on any atom is 0.230 e. The van der Waals surface area contributed by atoms with E-state index in [1.807, 2.05) is 0 Å². The molecule has 0 saturated heterocycles. The summed E-state index contributed by atoms with van der Waals surface area (Å²) in [5.74, 6) is 0.535. The molecular weight excluding hydrogens is 183 g/mol. The Morgan fingerprint density at radius 2 is 2.14 bits per heavy atom.